The van der Waals surface area contributed by atoms with Crippen LogP contribution in [0.4, 0.5) is 10.2 Å². The summed E-state index contributed by atoms with van der Waals surface area (Å²) in [7, 11) is 0. The molecule has 0 saturated heterocycles. The molecule has 2 nitrogen and oxygen atoms in total. The Balaban J connectivity index is 2.13. The zero-order valence-corrected chi connectivity index (χ0v) is 11.0. The summed E-state index contributed by atoms with van der Waals surface area (Å²) < 4.78 is 13.5. The lowest BCUT2D eigenvalue weighted by Gasteiger charge is -2.15. The van der Waals surface area contributed by atoms with Gasteiger partial charge in [0.15, 0.2) is 0 Å². The third-order valence-electron chi connectivity index (χ3n) is 2.79. The second kappa shape index (κ2) is 5.36. The normalized spacial score (nSPS) is 12.2. The molecular formula is C14H14ClFN2. The zero-order chi connectivity index (χ0) is 13.1. The summed E-state index contributed by atoms with van der Waals surface area (Å²) >= 11 is 5.76. The Bertz CT molecular complexity index is 540. The van der Waals surface area contributed by atoms with Gasteiger partial charge in [0.25, 0.3) is 0 Å². The maximum Gasteiger partial charge on any atom is 0.126 e. The average molecular weight is 265 g/mol. The van der Waals surface area contributed by atoms with E-state index >= 15 is 0 Å². The van der Waals surface area contributed by atoms with Crippen molar-refractivity contribution in [2.45, 2.75) is 19.9 Å². The molecule has 0 aliphatic heterocycles. The van der Waals surface area contributed by atoms with Gasteiger partial charge in [-0.1, -0.05) is 23.7 Å². The quantitative estimate of drug-likeness (QED) is 0.891. The van der Waals surface area contributed by atoms with Crippen LogP contribution in [-0.2, 0) is 0 Å². The van der Waals surface area contributed by atoms with Crippen molar-refractivity contribution in [3.63, 3.8) is 0 Å². The van der Waals surface area contributed by atoms with E-state index in [0.717, 1.165) is 5.56 Å². The third-order valence-corrected chi connectivity index (χ3v) is 3.01. The third kappa shape index (κ3) is 2.99. The van der Waals surface area contributed by atoms with Gasteiger partial charge in [-0.05, 0) is 43.2 Å². The van der Waals surface area contributed by atoms with E-state index < -0.39 is 0 Å². The molecule has 0 fully saturated rings. The predicted molar refractivity (Wildman–Crippen MR) is 72.4 cm³/mol. The number of halogens is 2. The minimum absolute atomic E-state index is 0.0197. The van der Waals surface area contributed by atoms with Gasteiger partial charge in [-0.15, -0.1) is 0 Å². The molecule has 1 N–H and O–H groups in total. The molecule has 1 aromatic heterocycles. The van der Waals surface area contributed by atoms with E-state index in [2.05, 4.69) is 10.3 Å². The van der Waals surface area contributed by atoms with Crippen LogP contribution in [0.2, 0.25) is 5.02 Å². The lowest BCUT2D eigenvalue weighted by atomic mass is 10.1. The van der Waals surface area contributed by atoms with E-state index in [1.165, 1.54) is 0 Å². The van der Waals surface area contributed by atoms with E-state index in [1.807, 2.05) is 13.0 Å². The smallest absolute Gasteiger partial charge is 0.126 e. The highest BCUT2D eigenvalue weighted by Crippen LogP contribution is 2.20. The summed E-state index contributed by atoms with van der Waals surface area (Å²) in [5, 5.41) is 3.79. The van der Waals surface area contributed by atoms with Crippen molar-refractivity contribution in [2.24, 2.45) is 0 Å². The molecule has 1 aromatic carbocycles. The molecule has 0 amide bonds. The van der Waals surface area contributed by atoms with Crippen LogP contribution in [0.3, 0.4) is 0 Å². The number of nitrogens with zero attached hydrogens (tertiary/aromatic N) is 1. The van der Waals surface area contributed by atoms with Gasteiger partial charge < -0.3 is 5.32 Å². The van der Waals surface area contributed by atoms with Gasteiger partial charge in [-0.25, -0.2) is 9.37 Å². The number of aryl methyl sites for hydroxylation is 1. The minimum Gasteiger partial charge on any atom is -0.364 e. The van der Waals surface area contributed by atoms with Crippen LogP contribution in [0.1, 0.15) is 24.1 Å². The fourth-order valence-electron chi connectivity index (χ4n) is 1.64. The van der Waals surface area contributed by atoms with Gasteiger partial charge in [0.05, 0.1) is 11.1 Å². The molecule has 2 rings (SSSR count). The Hall–Kier alpha value is -1.61. The number of pyridine rings is 1. The Morgan fingerprint density at radius 3 is 2.67 bits per heavy atom. The number of anilines is 1. The molecule has 4 heteroatoms. The first-order valence-corrected chi connectivity index (χ1v) is 6.08. The first-order chi connectivity index (χ1) is 8.56. The molecule has 18 heavy (non-hydrogen) atoms. The van der Waals surface area contributed by atoms with Gasteiger partial charge in [0.2, 0.25) is 0 Å². The predicted octanol–water partition coefficient (Wildman–Crippen LogP) is 4.36. The fraction of sp³-hybridized carbons (Fsp3) is 0.214. The van der Waals surface area contributed by atoms with Crippen LogP contribution in [0.5, 0.6) is 0 Å². The van der Waals surface area contributed by atoms with Crippen LogP contribution in [-0.4, -0.2) is 4.98 Å². The van der Waals surface area contributed by atoms with E-state index in [1.54, 1.807) is 37.4 Å². The van der Waals surface area contributed by atoms with Gasteiger partial charge >= 0.3 is 0 Å². The molecule has 0 bridgehead atoms. The highest BCUT2D eigenvalue weighted by Gasteiger charge is 2.08. The highest BCUT2D eigenvalue weighted by atomic mass is 35.5. The molecule has 0 aliphatic carbocycles. The topological polar surface area (TPSA) is 24.9 Å². The number of hydrogen-bond acceptors (Lipinski definition) is 2. The number of benzene rings is 1. The van der Waals surface area contributed by atoms with Crippen LogP contribution in [0, 0.1) is 12.7 Å². The Morgan fingerprint density at radius 2 is 2.06 bits per heavy atom. The minimum atomic E-state index is -0.190. The fourth-order valence-corrected chi connectivity index (χ4v) is 1.76. The molecule has 94 valence electrons. The number of nitrogens with one attached hydrogen (secondary N) is 1. The molecule has 0 spiro atoms. The van der Waals surface area contributed by atoms with E-state index in [9.17, 15) is 4.39 Å². The molecule has 1 unspecified atom stereocenters. The van der Waals surface area contributed by atoms with Crippen LogP contribution < -0.4 is 5.32 Å². The van der Waals surface area contributed by atoms with Crippen molar-refractivity contribution in [1.29, 1.82) is 0 Å². The Labute approximate surface area is 111 Å². The standard InChI is InChI=1S/C14H14ClFN2/c1-9-3-4-11(7-13(9)16)10(2)18-14-6-5-12(15)8-17-14/h3-8,10H,1-2H3,(H,17,18). The number of hydrogen-bond donors (Lipinski definition) is 1. The second-order valence-corrected chi connectivity index (χ2v) is 4.67. The van der Waals surface area contributed by atoms with E-state index in [0.29, 0.717) is 16.4 Å². The SMILES string of the molecule is Cc1ccc(C(C)Nc2ccc(Cl)cn2)cc1F. The molecule has 2 aromatic rings. The maximum absolute atomic E-state index is 13.5. The number of rotatable bonds is 3. The average Bonchev–Trinajstić information content (AvgIpc) is 2.35. The zero-order valence-electron chi connectivity index (χ0n) is 10.2. The molecule has 0 radical (unpaired) electrons. The van der Waals surface area contributed by atoms with Crippen molar-refractivity contribution < 1.29 is 4.39 Å². The van der Waals surface area contributed by atoms with Crippen LogP contribution in [0.15, 0.2) is 36.5 Å². The molecule has 0 aliphatic rings. The summed E-state index contributed by atoms with van der Waals surface area (Å²) in [6, 6.07) is 8.77. The van der Waals surface area contributed by atoms with Gasteiger partial charge in [0, 0.05) is 6.20 Å². The van der Waals surface area contributed by atoms with Crippen molar-refractivity contribution in [3.8, 4) is 0 Å². The summed E-state index contributed by atoms with van der Waals surface area (Å²) in [5.41, 5.74) is 1.53. The lowest BCUT2D eigenvalue weighted by Crippen LogP contribution is -2.08. The Morgan fingerprint density at radius 1 is 1.28 bits per heavy atom. The Kier molecular flexibility index (Phi) is 3.82. The first kappa shape index (κ1) is 12.8. The van der Waals surface area contributed by atoms with Crippen molar-refractivity contribution in [2.75, 3.05) is 5.32 Å². The molecule has 0 saturated carbocycles. The summed E-state index contributed by atoms with van der Waals surface area (Å²) in [6.45, 7) is 3.71. The first-order valence-electron chi connectivity index (χ1n) is 5.70. The van der Waals surface area contributed by atoms with Gasteiger partial charge in [-0.2, -0.15) is 0 Å². The van der Waals surface area contributed by atoms with Crippen molar-refractivity contribution >= 4 is 17.4 Å². The summed E-state index contributed by atoms with van der Waals surface area (Å²) in [4.78, 5) is 4.15. The molecular weight excluding hydrogens is 251 g/mol. The molecule has 1 atom stereocenters. The maximum atomic E-state index is 13.5. The highest BCUT2D eigenvalue weighted by molar-refractivity contribution is 6.30. The largest absolute Gasteiger partial charge is 0.364 e. The van der Waals surface area contributed by atoms with Crippen molar-refractivity contribution in [3.05, 3.63) is 58.5 Å². The van der Waals surface area contributed by atoms with Crippen LogP contribution in [0.25, 0.3) is 0 Å². The lowest BCUT2D eigenvalue weighted by molar-refractivity contribution is 0.614. The van der Waals surface area contributed by atoms with E-state index in [4.69, 9.17) is 11.6 Å². The second-order valence-electron chi connectivity index (χ2n) is 4.24. The monoisotopic (exact) mass is 264 g/mol. The van der Waals surface area contributed by atoms with E-state index in [-0.39, 0.29) is 11.9 Å². The summed E-state index contributed by atoms with van der Waals surface area (Å²) in [5.74, 6) is 0.526. The van der Waals surface area contributed by atoms with Crippen molar-refractivity contribution in [1.82, 2.24) is 4.98 Å². The van der Waals surface area contributed by atoms with Gasteiger partial charge in [-0.3, -0.25) is 0 Å². The van der Waals surface area contributed by atoms with Crippen LogP contribution >= 0.6 is 11.6 Å². The molecule has 1 heterocycles. The summed E-state index contributed by atoms with van der Waals surface area (Å²) in [6.07, 6.45) is 1.58. The van der Waals surface area contributed by atoms with Gasteiger partial charge in [0.1, 0.15) is 11.6 Å². The number of aromatic nitrogens is 1.